The standard InChI is InChI=1S/C27H28N4O3S/c1-27(2,34)15-30-10-7-16(8-11-30)31-14-19(17-5-3-4-6-21(17)31)23-22(25(32)29-26(23)33)18-13-28-20-9-12-35-24(18)20/h3-6,9,12-14,16,28,34H,7-8,10-11,15H2,1-2H3,(H,29,32,33). The first-order chi connectivity index (χ1) is 16.8. The molecule has 1 fully saturated rings. The SMILES string of the molecule is CC(C)(O)CN1CCC(n2cc(C3=C(c4c[nH]c5ccsc45)C(=O)NC3=O)c3ccccc32)CC1. The highest BCUT2D eigenvalue weighted by Gasteiger charge is 2.36. The summed E-state index contributed by atoms with van der Waals surface area (Å²) in [5.74, 6) is -0.699. The lowest BCUT2D eigenvalue weighted by Crippen LogP contribution is -2.43. The highest BCUT2D eigenvalue weighted by Crippen LogP contribution is 2.40. The highest BCUT2D eigenvalue weighted by atomic mass is 32.1. The predicted octanol–water partition coefficient (Wildman–Crippen LogP) is 4.16. The number of carbonyl (C=O) groups excluding carboxylic acids is 2. The van der Waals surface area contributed by atoms with Crippen LogP contribution < -0.4 is 5.32 Å². The van der Waals surface area contributed by atoms with E-state index in [0.717, 1.165) is 58.2 Å². The van der Waals surface area contributed by atoms with Crippen LogP contribution >= 0.6 is 11.3 Å². The largest absolute Gasteiger partial charge is 0.389 e. The van der Waals surface area contributed by atoms with Crippen molar-refractivity contribution in [1.82, 2.24) is 19.8 Å². The number of nitrogens with one attached hydrogen (secondary N) is 2. The molecule has 0 saturated carbocycles. The maximum absolute atomic E-state index is 13.1. The van der Waals surface area contributed by atoms with E-state index in [9.17, 15) is 14.7 Å². The molecule has 4 aromatic rings. The van der Waals surface area contributed by atoms with Crippen LogP contribution in [0.5, 0.6) is 0 Å². The van der Waals surface area contributed by atoms with E-state index in [1.165, 1.54) is 0 Å². The number of rotatable bonds is 5. The molecule has 3 N–H and O–H groups in total. The molecular formula is C27H28N4O3S. The molecule has 7 nitrogen and oxygen atoms in total. The molecule has 0 atom stereocenters. The van der Waals surface area contributed by atoms with Crippen molar-refractivity contribution in [2.45, 2.75) is 38.3 Å². The molecule has 0 bridgehead atoms. The van der Waals surface area contributed by atoms with Crippen LogP contribution in [0, 0.1) is 0 Å². The lowest BCUT2D eigenvalue weighted by atomic mass is 9.97. The number of benzene rings is 1. The van der Waals surface area contributed by atoms with Crippen molar-refractivity contribution in [2.75, 3.05) is 19.6 Å². The Bertz CT molecular complexity index is 1490. The molecule has 8 heteroatoms. The summed E-state index contributed by atoms with van der Waals surface area (Å²) >= 11 is 1.56. The highest BCUT2D eigenvalue weighted by molar-refractivity contribution is 7.17. The third-order valence-corrected chi connectivity index (χ3v) is 8.00. The van der Waals surface area contributed by atoms with Gasteiger partial charge in [0.05, 0.1) is 27.0 Å². The van der Waals surface area contributed by atoms with Crippen LogP contribution in [0.3, 0.4) is 0 Å². The average Bonchev–Trinajstić information content (AvgIpc) is 3.56. The Labute approximate surface area is 207 Å². The molecule has 2 aliphatic rings. The minimum absolute atomic E-state index is 0.284. The van der Waals surface area contributed by atoms with E-state index in [0.29, 0.717) is 17.7 Å². The van der Waals surface area contributed by atoms with Gasteiger partial charge >= 0.3 is 0 Å². The number of aromatic amines is 1. The smallest absolute Gasteiger partial charge is 0.259 e. The number of hydrogen-bond donors (Lipinski definition) is 3. The minimum atomic E-state index is -0.711. The van der Waals surface area contributed by atoms with Gasteiger partial charge in [-0.05, 0) is 44.2 Å². The molecule has 0 aliphatic carbocycles. The third-order valence-electron chi connectivity index (χ3n) is 7.05. The molecule has 3 aromatic heterocycles. The summed E-state index contributed by atoms with van der Waals surface area (Å²) in [5, 5.41) is 15.7. The lowest BCUT2D eigenvalue weighted by molar-refractivity contribution is -0.122. The second-order valence-corrected chi connectivity index (χ2v) is 11.1. The fourth-order valence-corrected chi connectivity index (χ4v) is 6.49. The fraction of sp³-hybridized carbons (Fsp3) is 0.333. The van der Waals surface area contributed by atoms with Gasteiger partial charge < -0.3 is 19.6 Å². The van der Waals surface area contributed by atoms with E-state index in [4.69, 9.17) is 0 Å². The second kappa shape index (κ2) is 8.19. The van der Waals surface area contributed by atoms with Crippen LogP contribution in [-0.2, 0) is 9.59 Å². The van der Waals surface area contributed by atoms with E-state index in [1.807, 2.05) is 49.7 Å². The topological polar surface area (TPSA) is 90.4 Å². The van der Waals surface area contributed by atoms with Crippen molar-refractivity contribution >= 4 is 55.4 Å². The van der Waals surface area contributed by atoms with Gasteiger partial charge in [-0.2, -0.15) is 0 Å². The Morgan fingerprint density at radius 2 is 1.77 bits per heavy atom. The minimum Gasteiger partial charge on any atom is -0.389 e. The maximum Gasteiger partial charge on any atom is 0.259 e. The average molecular weight is 489 g/mol. The van der Waals surface area contributed by atoms with Gasteiger partial charge in [-0.1, -0.05) is 18.2 Å². The Hall–Kier alpha value is -3.20. The summed E-state index contributed by atoms with van der Waals surface area (Å²) in [4.78, 5) is 31.7. The normalized spacial score (nSPS) is 18.4. The first-order valence-electron chi connectivity index (χ1n) is 12.0. The maximum atomic E-state index is 13.1. The number of amides is 2. The zero-order chi connectivity index (χ0) is 24.3. The van der Waals surface area contributed by atoms with Gasteiger partial charge in [-0.25, -0.2) is 0 Å². The number of para-hydroxylation sites is 1. The number of nitrogens with zero attached hydrogens (tertiary/aromatic N) is 2. The number of fused-ring (bicyclic) bond motifs is 2. The van der Waals surface area contributed by atoms with Crippen LogP contribution in [0.15, 0.2) is 48.1 Å². The summed E-state index contributed by atoms with van der Waals surface area (Å²) in [6.07, 6.45) is 5.80. The van der Waals surface area contributed by atoms with Crippen LogP contribution in [0.1, 0.15) is 43.9 Å². The van der Waals surface area contributed by atoms with Crippen molar-refractivity contribution in [3.8, 4) is 0 Å². The number of H-pyrrole nitrogens is 1. The Balaban J connectivity index is 1.44. The molecule has 35 heavy (non-hydrogen) atoms. The molecule has 0 spiro atoms. The van der Waals surface area contributed by atoms with Crippen LogP contribution in [0.2, 0.25) is 0 Å². The molecule has 0 radical (unpaired) electrons. The Kier molecular flexibility index (Phi) is 5.21. The zero-order valence-corrected chi connectivity index (χ0v) is 20.6. The molecule has 0 unspecified atom stereocenters. The van der Waals surface area contributed by atoms with Gasteiger partial charge in [-0.15, -0.1) is 11.3 Å². The molecule has 5 heterocycles. The number of thiophene rings is 1. The summed E-state index contributed by atoms with van der Waals surface area (Å²) in [6.45, 7) is 6.16. The van der Waals surface area contributed by atoms with Crippen LogP contribution in [-0.4, -0.2) is 56.6 Å². The summed E-state index contributed by atoms with van der Waals surface area (Å²) in [5.41, 5.74) is 3.76. The van der Waals surface area contributed by atoms with E-state index < -0.39 is 5.60 Å². The molecule has 6 rings (SSSR count). The molecule has 180 valence electrons. The van der Waals surface area contributed by atoms with Crippen LogP contribution in [0.4, 0.5) is 0 Å². The van der Waals surface area contributed by atoms with Crippen molar-refractivity contribution in [3.05, 3.63) is 59.2 Å². The van der Waals surface area contributed by atoms with E-state index in [1.54, 1.807) is 11.3 Å². The van der Waals surface area contributed by atoms with Crippen molar-refractivity contribution in [1.29, 1.82) is 0 Å². The van der Waals surface area contributed by atoms with Crippen molar-refractivity contribution in [2.24, 2.45) is 0 Å². The van der Waals surface area contributed by atoms with Crippen LogP contribution in [0.25, 0.3) is 32.3 Å². The number of likely N-dealkylation sites (tertiary alicyclic amines) is 1. The molecule has 1 saturated heterocycles. The fourth-order valence-electron chi connectivity index (χ4n) is 5.61. The molecule has 1 aromatic carbocycles. The number of β-amino-alcohol motifs (C(OH)–C–C–N with tert-alkyl or cyclic N) is 1. The summed E-state index contributed by atoms with van der Waals surface area (Å²) in [6, 6.07) is 10.4. The van der Waals surface area contributed by atoms with Gasteiger partial charge in [0.1, 0.15) is 0 Å². The lowest BCUT2D eigenvalue weighted by Gasteiger charge is -2.36. The summed E-state index contributed by atoms with van der Waals surface area (Å²) < 4.78 is 3.26. The number of aromatic nitrogens is 2. The second-order valence-electron chi connectivity index (χ2n) is 10.2. The number of aliphatic hydroxyl groups is 1. The Morgan fingerprint density at radius 1 is 1.06 bits per heavy atom. The number of hydrogen-bond acceptors (Lipinski definition) is 5. The number of piperidine rings is 1. The van der Waals surface area contributed by atoms with Gasteiger partial charge in [0.15, 0.2) is 0 Å². The third kappa shape index (κ3) is 3.82. The molecule has 2 amide bonds. The van der Waals surface area contributed by atoms with Gasteiger partial charge in [0.2, 0.25) is 0 Å². The first-order valence-corrected chi connectivity index (χ1v) is 12.9. The van der Waals surface area contributed by atoms with E-state index in [-0.39, 0.29) is 17.9 Å². The summed E-state index contributed by atoms with van der Waals surface area (Å²) in [7, 11) is 0. The van der Waals surface area contributed by atoms with E-state index >= 15 is 0 Å². The predicted molar refractivity (Wildman–Crippen MR) is 139 cm³/mol. The van der Waals surface area contributed by atoms with E-state index in [2.05, 4.69) is 32.0 Å². The molecular weight excluding hydrogens is 460 g/mol. The zero-order valence-electron chi connectivity index (χ0n) is 19.8. The first kappa shape index (κ1) is 22.3. The van der Waals surface area contributed by atoms with Gasteiger partial charge in [-0.3, -0.25) is 14.9 Å². The van der Waals surface area contributed by atoms with Crippen molar-refractivity contribution < 1.29 is 14.7 Å². The van der Waals surface area contributed by atoms with Crippen molar-refractivity contribution in [3.63, 3.8) is 0 Å². The monoisotopic (exact) mass is 488 g/mol. The quantitative estimate of drug-likeness (QED) is 0.368. The van der Waals surface area contributed by atoms with Gasteiger partial charge in [0.25, 0.3) is 11.8 Å². The molecule has 2 aliphatic heterocycles. The Morgan fingerprint density at radius 3 is 2.51 bits per heavy atom. The number of imide groups is 1. The van der Waals surface area contributed by atoms with Gasteiger partial charge in [0, 0.05) is 60.1 Å². The number of carbonyl (C=O) groups is 2.